The maximum Gasteiger partial charge on any atom is 0.0393 e. The Hall–Kier alpha value is -1.51. The van der Waals surface area contributed by atoms with Gasteiger partial charge in [-0.3, -0.25) is 0 Å². The Labute approximate surface area is 127 Å². The van der Waals surface area contributed by atoms with Crippen LogP contribution in [0.1, 0.15) is 15.7 Å². The fourth-order valence-electron chi connectivity index (χ4n) is 2.62. The molecule has 0 saturated heterocycles. The van der Waals surface area contributed by atoms with Crippen molar-refractivity contribution >= 4 is 23.1 Å². The minimum Gasteiger partial charge on any atom is -0.139 e. The minimum absolute atomic E-state index is 0.599. The molecular weight excluding hydrogens is 280 g/mol. The topological polar surface area (TPSA) is 0 Å². The second-order valence-electron chi connectivity index (χ2n) is 4.99. The Morgan fingerprint density at radius 2 is 1.55 bits per heavy atom. The lowest BCUT2D eigenvalue weighted by Gasteiger charge is -2.08. The Morgan fingerprint density at radius 1 is 0.850 bits per heavy atom. The van der Waals surface area contributed by atoms with Gasteiger partial charge in [-0.2, -0.15) is 0 Å². The summed E-state index contributed by atoms with van der Waals surface area (Å²) < 4.78 is 0. The molecule has 0 nitrogen and oxygen atoms in total. The first-order valence-corrected chi connectivity index (χ1v) is 8.49. The van der Waals surface area contributed by atoms with Gasteiger partial charge in [-0.25, -0.2) is 0 Å². The summed E-state index contributed by atoms with van der Waals surface area (Å²) >= 11 is 3.97. The summed E-state index contributed by atoms with van der Waals surface area (Å²) in [4.78, 5) is 4.42. The maximum absolute atomic E-state index is 2.36. The van der Waals surface area contributed by atoms with Crippen LogP contribution in [-0.4, -0.2) is 0 Å². The molecule has 2 heteroatoms. The number of thiophene rings is 1. The lowest BCUT2D eigenvalue weighted by molar-refractivity contribution is 0.970. The largest absolute Gasteiger partial charge is 0.139 e. The van der Waals surface area contributed by atoms with Gasteiger partial charge >= 0.3 is 0 Å². The van der Waals surface area contributed by atoms with Gasteiger partial charge in [0.1, 0.15) is 0 Å². The van der Waals surface area contributed by atoms with Crippen LogP contribution in [0.3, 0.4) is 0 Å². The molecule has 1 unspecified atom stereocenters. The molecule has 1 atom stereocenters. The summed E-state index contributed by atoms with van der Waals surface area (Å²) in [5.74, 6) is 0. The van der Waals surface area contributed by atoms with Crippen molar-refractivity contribution in [1.29, 1.82) is 0 Å². The molecule has 0 amide bonds. The molecule has 20 heavy (non-hydrogen) atoms. The van der Waals surface area contributed by atoms with E-state index in [-0.39, 0.29) is 0 Å². The molecule has 0 N–H and O–H groups in total. The SMILES string of the molecule is c1ccc(-c2cc3c(s2)CC(c2ccccc2)S3)cc1. The molecule has 1 aliphatic heterocycles. The first-order valence-electron chi connectivity index (χ1n) is 6.80. The number of hydrogen-bond acceptors (Lipinski definition) is 2. The van der Waals surface area contributed by atoms with Crippen LogP contribution in [0.4, 0.5) is 0 Å². The van der Waals surface area contributed by atoms with Crippen molar-refractivity contribution in [2.24, 2.45) is 0 Å². The van der Waals surface area contributed by atoms with Crippen molar-refractivity contribution in [3.8, 4) is 10.4 Å². The molecule has 0 aliphatic carbocycles. The summed E-state index contributed by atoms with van der Waals surface area (Å²) in [6, 6.07) is 23.9. The quantitative estimate of drug-likeness (QED) is 0.575. The Morgan fingerprint density at radius 3 is 2.25 bits per heavy atom. The van der Waals surface area contributed by atoms with Crippen molar-refractivity contribution in [2.45, 2.75) is 16.6 Å². The summed E-state index contributed by atoms with van der Waals surface area (Å²) in [5.41, 5.74) is 2.78. The fourth-order valence-corrected chi connectivity index (χ4v) is 5.42. The first-order chi connectivity index (χ1) is 9.90. The van der Waals surface area contributed by atoms with Gasteiger partial charge in [0.25, 0.3) is 0 Å². The van der Waals surface area contributed by atoms with E-state index >= 15 is 0 Å². The van der Waals surface area contributed by atoms with E-state index in [0.29, 0.717) is 5.25 Å². The second kappa shape index (κ2) is 5.12. The minimum atomic E-state index is 0.599. The maximum atomic E-state index is 2.36. The van der Waals surface area contributed by atoms with Crippen molar-refractivity contribution in [2.75, 3.05) is 0 Å². The van der Waals surface area contributed by atoms with Crippen molar-refractivity contribution in [3.63, 3.8) is 0 Å². The van der Waals surface area contributed by atoms with Gasteiger partial charge in [-0.1, -0.05) is 60.7 Å². The molecule has 4 rings (SSSR count). The van der Waals surface area contributed by atoms with Crippen LogP contribution in [0.2, 0.25) is 0 Å². The third kappa shape index (κ3) is 2.19. The monoisotopic (exact) mass is 294 g/mol. The lowest BCUT2D eigenvalue weighted by Crippen LogP contribution is -1.90. The van der Waals surface area contributed by atoms with Gasteiger partial charge in [0.05, 0.1) is 0 Å². The van der Waals surface area contributed by atoms with Crippen LogP contribution in [0.25, 0.3) is 10.4 Å². The first kappa shape index (κ1) is 12.2. The summed E-state index contributed by atoms with van der Waals surface area (Å²) in [6.45, 7) is 0. The number of benzene rings is 2. The Balaban J connectivity index is 1.61. The van der Waals surface area contributed by atoms with E-state index in [2.05, 4.69) is 66.7 Å². The van der Waals surface area contributed by atoms with E-state index in [1.165, 1.54) is 27.3 Å². The molecule has 0 fully saturated rings. The van der Waals surface area contributed by atoms with Gasteiger partial charge in [0, 0.05) is 19.9 Å². The third-order valence-corrected chi connectivity index (χ3v) is 6.32. The molecule has 0 saturated carbocycles. The lowest BCUT2D eigenvalue weighted by atomic mass is 10.1. The predicted molar refractivity (Wildman–Crippen MR) is 88.5 cm³/mol. The summed E-state index contributed by atoms with van der Waals surface area (Å²) in [7, 11) is 0. The Bertz CT molecular complexity index is 690. The average Bonchev–Trinajstić information content (AvgIpc) is 3.08. The summed E-state index contributed by atoms with van der Waals surface area (Å²) in [6.07, 6.45) is 1.17. The summed E-state index contributed by atoms with van der Waals surface area (Å²) in [5, 5.41) is 0.599. The highest BCUT2D eigenvalue weighted by Gasteiger charge is 2.26. The van der Waals surface area contributed by atoms with Crippen molar-refractivity contribution < 1.29 is 0 Å². The molecule has 0 spiro atoms. The zero-order valence-electron chi connectivity index (χ0n) is 11.0. The molecule has 2 heterocycles. The van der Waals surface area contributed by atoms with Gasteiger partial charge in [0.15, 0.2) is 0 Å². The molecule has 1 aliphatic rings. The van der Waals surface area contributed by atoms with E-state index in [0.717, 1.165) is 0 Å². The molecule has 0 radical (unpaired) electrons. The third-order valence-electron chi connectivity index (χ3n) is 3.64. The van der Waals surface area contributed by atoms with Gasteiger partial charge in [-0.15, -0.1) is 23.1 Å². The van der Waals surface area contributed by atoms with E-state index in [1.54, 1.807) is 4.88 Å². The molecule has 2 aromatic carbocycles. The van der Waals surface area contributed by atoms with Crippen molar-refractivity contribution in [3.05, 3.63) is 77.2 Å². The van der Waals surface area contributed by atoms with Crippen LogP contribution in [0.15, 0.2) is 71.6 Å². The highest BCUT2D eigenvalue weighted by molar-refractivity contribution is 8.00. The van der Waals surface area contributed by atoms with Gasteiger partial charge in [0.2, 0.25) is 0 Å². The fraction of sp³-hybridized carbons (Fsp3) is 0.111. The molecule has 0 bridgehead atoms. The number of fused-ring (bicyclic) bond motifs is 1. The van der Waals surface area contributed by atoms with Crippen molar-refractivity contribution in [1.82, 2.24) is 0 Å². The highest BCUT2D eigenvalue weighted by atomic mass is 32.2. The van der Waals surface area contributed by atoms with E-state index < -0.39 is 0 Å². The zero-order chi connectivity index (χ0) is 13.4. The smallest absolute Gasteiger partial charge is 0.0393 e. The van der Waals surface area contributed by atoms with Crippen LogP contribution in [-0.2, 0) is 6.42 Å². The normalized spacial score (nSPS) is 17.1. The molecule has 98 valence electrons. The standard InChI is InChI=1S/C18H14S2/c1-3-7-13(8-4-1)15-11-17-18(19-15)12-16(20-17)14-9-5-2-6-10-14/h1-11,16H,12H2. The highest BCUT2D eigenvalue weighted by Crippen LogP contribution is 2.51. The van der Waals surface area contributed by atoms with Gasteiger partial charge in [-0.05, 0) is 23.6 Å². The molecule has 3 aromatic rings. The Kier molecular flexibility index (Phi) is 3.13. The van der Waals surface area contributed by atoms with Gasteiger partial charge < -0.3 is 0 Å². The average molecular weight is 294 g/mol. The van der Waals surface area contributed by atoms with E-state index in [1.807, 2.05) is 23.1 Å². The molecule has 1 aromatic heterocycles. The van der Waals surface area contributed by atoms with Crippen LogP contribution >= 0.6 is 23.1 Å². The van der Waals surface area contributed by atoms with E-state index in [9.17, 15) is 0 Å². The van der Waals surface area contributed by atoms with Crippen LogP contribution < -0.4 is 0 Å². The van der Waals surface area contributed by atoms with Crippen LogP contribution in [0.5, 0.6) is 0 Å². The zero-order valence-corrected chi connectivity index (χ0v) is 12.6. The number of rotatable bonds is 2. The number of hydrogen-bond donors (Lipinski definition) is 0. The van der Waals surface area contributed by atoms with E-state index in [4.69, 9.17) is 0 Å². The molecular formula is C18H14S2. The number of thioether (sulfide) groups is 1. The predicted octanol–water partition coefficient (Wildman–Crippen LogP) is 5.80. The van der Waals surface area contributed by atoms with Crippen LogP contribution in [0, 0.1) is 0 Å². The second-order valence-corrected chi connectivity index (χ2v) is 7.37.